The highest BCUT2D eigenvalue weighted by Gasteiger charge is 2.31. The summed E-state index contributed by atoms with van der Waals surface area (Å²) in [6.07, 6.45) is 1.98. The van der Waals surface area contributed by atoms with Gasteiger partial charge < -0.3 is 15.7 Å². The maximum absolute atomic E-state index is 14.0. The van der Waals surface area contributed by atoms with E-state index < -0.39 is 5.82 Å². The van der Waals surface area contributed by atoms with E-state index in [9.17, 15) is 14.3 Å². The van der Waals surface area contributed by atoms with Gasteiger partial charge in [-0.05, 0) is 30.2 Å². The van der Waals surface area contributed by atoms with E-state index >= 15 is 0 Å². The number of nitrogen functional groups attached to an aromatic ring is 1. The van der Waals surface area contributed by atoms with E-state index in [1.165, 1.54) is 25.4 Å². The van der Waals surface area contributed by atoms with Gasteiger partial charge in [-0.3, -0.25) is 4.79 Å². The number of anilines is 2. The number of carbonyl (C=O) groups is 1. The van der Waals surface area contributed by atoms with Crippen molar-refractivity contribution in [3.63, 3.8) is 0 Å². The molecule has 2 aromatic heterocycles. The van der Waals surface area contributed by atoms with Crippen molar-refractivity contribution in [2.24, 2.45) is 0 Å². The Morgan fingerprint density at radius 1 is 1.23 bits per heavy atom. The third-order valence-corrected chi connectivity index (χ3v) is 5.53. The Balaban J connectivity index is 1.70. The van der Waals surface area contributed by atoms with Crippen molar-refractivity contribution in [1.29, 1.82) is 0 Å². The van der Waals surface area contributed by atoms with Crippen molar-refractivity contribution in [2.75, 3.05) is 17.2 Å². The fourth-order valence-electron chi connectivity index (χ4n) is 4.20. The molecule has 0 bridgehead atoms. The normalized spacial score (nSPS) is 15.8. The number of rotatable bonds is 2. The van der Waals surface area contributed by atoms with Gasteiger partial charge in [0.05, 0.1) is 11.4 Å². The first-order valence-electron chi connectivity index (χ1n) is 9.77. The molecule has 0 spiro atoms. The molecule has 1 aliphatic rings. The van der Waals surface area contributed by atoms with Gasteiger partial charge in [-0.25, -0.2) is 19.0 Å². The fraction of sp³-hybridized carbons (Fsp3) is 0.182. The van der Waals surface area contributed by atoms with Crippen LogP contribution < -0.4 is 10.6 Å². The van der Waals surface area contributed by atoms with E-state index in [2.05, 4.69) is 9.97 Å². The minimum absolute atomic E-state index is 0.0713. The molecule has 1 atom stereocenters. The molecule has 1 unspecified atom stereocenters. The van der Waals surface area contributed by atoms with Crippen molar-refractivity contribution in [3.8, 4) is 17.0 Å². The van der Waals surface area contributed by atoms with Gasteiger partial charge in [0.2, 0.25) is 5.91 Å². The largest absolute Gasteiger partial charge is 0.508 e. The molecule has 1 aliphatic heterocycles. The zero-order valence-corrected chi connectivity index (χ0v) is 16.7. The molecule has 0 aliphatic carbocycles. The van der Waals surface area contributed by atoms with Gasteiger partial charge >= 0.3 is 0 Å². The molecule has 5 rings (SSSR count). The topological polar surface area (TPSA) is 110 Å². The lowest BCUT2D eigenvalue weighted by Crippen LogP contribution is -2.40. The molecule has 0 saturated carbocycles. The van der Waals surface area contributed by atoms with E-state index in [0.717, 1.165) is 17.3 Å². The number of hydrogen-bond donors (Lipinski definition) is 2. The van der Waals surface area contributed by atoms with Crippen LogP contribution in [0.3, 0.4) is 0 Å². The van der Waals surface area contributed by atoms with Crippen LogP contribution in [0.4, 0.5) is 15.9 Å². The number of phenols is 1. The number of phenolic OH excluding ortho intramolecular Hbond substituents is 1. The van der Waals surface area contributed by atoms with Gasteiger partial charge in [0.1, 0.15) is 29.4 Å². The summed E-state index contributed by atoms with van der Waals surface area (Å²) in [5.74, 6) is -0.683. The third-order valence-electron chi connectivity index (χ3n) is 5.53. The Hall–Kier alpha value is -4.01. The summed E-state index contributed by atoms with van der Waals surface area (Å²) in [6.45, 7) is 1.93. The first-order valence-corrected chi connectivity index (χ1v) is 9.77. The van der Waals surface area contributed by atoms with Crippen LogP contribution in [0.1, 0.15) is 18.5 Å². The number of aromatic hydroxyl groups is 1. The predicted molar refractivity (Wildman–Crippen MR) is 114 cm³/mol. The van der Waals surface area contributed by atoms with Gasteiger partial charge in [-0.2, -0.15) is 5.10 Å². The summed E-state index contributed by atoms with van der Waals surface area (Å²) in [6, 6.07) is 11.2. The van der Waals surface area contributed by atoms with E-state index in [1.54, 1.807) is 9.58 Å². The number of aromatic nitrogens is 4. The Kier molecular flexibility index (Phi) is 4.32. The average molecular weight is 418 g/mol. The maximum atomic E-state index is 14.0. The number of para-hydroxylation sites is 1. The number of fused-ring (bicyclic) bond motifs is 2. The van der Waals surface area contributed by atoms with Gasteiger partial charge in [-0.1, -0.05) is 18.2 Å². The van der Waals surface area contributed by atoms with Crippen LogP contribution in [0.5, 0.6) is 5.75 Å². The number of nitrogens with zero attached hydrogens (tertiary/aromatic N) is 5. The highest BCUT2D eigenvalue weighted by Crippen LogP contribution is 2.37. The van der Waals surface area contributed by atoms with Crippen molar-refractivity contribution in [2.45, 2.75) is 19.4 Å². The zero-order chi connectivity index (χ0) is 21.7. The van der Waals surface area contributed by atoms with Gasteiger partial charge in [0, 0.05) is 30.8 Å². The van der Waals surface area contributed by atoms with E-state index in [1.807, 2.05) is 24.3 Å². The summed E-state index contributed by atoms with van der Waals surface area (Å²) in [5, 5.41) is 15.1. The van der Waals surface area contributed by atoms with Crippen LogP contribution in [0, 0.1) is 5.82 Å². The standard InChI is InChI=1S/C22H19FN6O2/c1-12(30)28-10-16(7-13-4-2-3-5-18(13)28)29-22-19(21(24)25-11-26-22)20(27-29)14-6-15(23)9-17(31)8-14/h2-6,8-9,11,16,31H,7,10H2,1H3,(H2,24,25,26). The summed E-state index contributed by atoms with van der Waals surface area (Å²) in [5.41, 5.74) is 9.26. The lowest BCUT2D eigenvalue weighted by atomic mass is 9.98. The minimum Gasteiger partial charge on any atom is -0.508 e. The van der Waals surface area contributed by atoms with E-state index in [0.29, 0.717) is 35.3 Å². The number of carbonyl (C=O) groups excluding carboxylic acids is 1. The average Bonchev–Trinajstić information content (AvgIpc) is 3.13. The molecule has 31 heavy (non-hydrogen) atoms. The predicted octanol–water partition coefficient (Wildman–Crippen LogP) is 3.07. The second-order valence-corrected chi connectivity index (χ2v) is 7.57. The number of hydrogen-bond acceptors (Lipinski definition) is 6. The molecule has 0 radical (unpaired) electrons. The van der Waals surface area contributed by atoms with Crippen LogP contribution >= 0.6 is 0 Å². The Bertz CT molecular complexity index is 1310. The fourth-order valence-corrected chi connectivity index (χ4v) is 4.20. The molecule has 0 fully saturated rings. The summed E-state index contributed by atoms with van der Waals surface area (Å²) >= 11 is 0. The molecular formula is C22H19FN6O2. The van der Waals surface area contributed by atoms with Crippen LogP contribution in [-0.4, -0.2) is 37.3 Å². The Morgan fingerprint density at radius 2 is 2.03 bits per heavy atom. The second-order valence-electron chi connectivity index (χ2n) is 7.57. The highest BCUT2D eigenvalue weighted by molar-refractivity contribution is 5.98. The summed E-state index contributed by atoms with van der Waals surface area (Å²) in [7, 11) is 0. The highest BCUT2D eigenvalue weighted by atomic mass is 19.1. The molecule has 3 N–H and O–H groups in total. The number of benzene rings is 2. The van der Waals surface area contributed by atoms with Crippen molar-refractivity contribution in [3.05, 3.63) is 60.2 Å². The SMILES string of the molecule is CC(=O)N1CC(n2nc(-c3cc(O)cc(F)c3)c3c(N)ncnc32)Cc2ccccc21. The maximum Gasteiger partial charge on any atom is 0.223 e. The van der Waals surface area contributed by atoms with Crippen molar-refractivity contribution >= 4 is 28.4 Å². The lowest BCUT2D eigenvalue weighted by molar-refractivity contribution is -0.116. The summed E-state index contributed by atoms with van der Waals surface area (Å²) in [4.78, 5) is 22.5. The molecule has 4 aromatic rings. The monoisotopic (exact) mass is 418 g/mol. The van der Waals surface area contributed by atoms with E-state index in [-0.39, 0.29) is 23.5 Å². The first kappa shape index (κ1) is 19.0. The molecule has 2 aromatic carbocycles. The molecule has 0 saturated heterocycles. The number of halogens is 1. The molecule has 156 valence electrons. The Labute approximate surface area is 176 Å². The van der Waals surface area contributed by atoms with Crippen LogP contribution in [0.25, 0.3) is 22.3 Å². The molecule has 3 heterocycles. The van der Waals surface area contributed by atoms with Crippen molar-refractivity contribution < 1.29 is 14.3 Å². The Morgan fingerprint density at radius 3 is 2.81 bits per heavy atom. The van der Waals surface area contributed by atoms with Crippen LogP contribution in [0.15, 0.2) is 48.8 Å². The molecule has 9 heteroatoms. The number of amides is 1. The van der Waals surface area contributed by atoms with Gasteiger partial charge in [-0.15, -0.1) is 0 Å². The quantitative estimate of drug-likeness (QED) is 0.518. The molecule has 1 amide bonds. The van der Waals surface area contributed by atoms with E-state index in [4.69, 9.17) is 10.8 Å². The first-order chi connectivity index (χ1) is 14.9. The smallest absolute Gasteiger partial charge is 0.223 e. The molecular weight excluding hydrogens is 399 g/mol. The van der Waals surface area contributed by atoms with Crippen LogP contribution in [-0.2, 0) is 11.2 Å². The minimum atomic E-state index is -0.595. The number of nitrogens with two attached hydrogens (primary N) is 1. The van der Waals surface area contributed by atoms with Crippen LogP contribution in [0.2, 0.25) is 0 Å². The lowest BCUT2D eigenvalue weighted by Gasteiger charge is -2.34. The van der Waals surface area contributed by atoms with Gasteiger partial charge in [0.25, 0.3) is 0 Å². The zero-order valence-electron chi connectivity index (χ0n) is 16.7. The third kappa shape index (κ3) is 3.14. The second kappa shape index (κ2) is 7.05. The summed E-state index contributed by atoms with van der Waals surface area (Å²) < 4.78 is 15.7. The van der Waals surface area contributed by atoms with Crippen molar-refractivity contribution in [1.82, 2.24) is 19.7 Å². The van der Waals surface area contributed by atoms with Gasteiger partial charge in [0.15, 0.2) is 5.65 Å². The molecule has 8 nitrogen and oxygen atoms in total.